The molecule has 1 atom stereocenters. The third-order valence-electron chi connectivity index (χ3n) is 3.34. The number of nitrogens with zero attached hydrogens (tertiary/aromatic N) is 1. The molecule has 124 valence electrons. The molecule has 5 nitrogen and oxygen atoms in total. The van der Waals surface area contributed by atoms with Gasteiger partial charge in [-0.2, -0.15) is 0 Å². The van der Waals surface area contributed by atoms with Crippen LogP contribution in [0.25, 0.3) is 0 Å². The average molecular weight is 349 g/mol. The van der Waals surface area contributed by atoms with Crippen molar-refractivity contribution in [3.8, 4) is 5.75 Å². The van der Waals surface area contributed by atoms with Crippen molar-refractivity contribution >= 4 is 29.9 Å². The molecular formula is C15H22Cl2N2O3. The molecule has 1 saturated heterocycles. The summed E-state index contributed by atoms with van der Waals surface area (Å²) in [7, 11) is 1.79. The number of ether oxygens (including phenoxy) is 2. The molecule has 1 aliphatic heterocycles. The van der Waals surface area contributed by atoms with Crippen molar-refractivity contribution in [3.63, 3.8) is 0 Å². The molecule has 7 heteroatoms. The predicted octanol–water partition coefficient (Wildman–Crippen LogP) is 1.98. The summed E-state index contributed by atoms with van der Waals surface area (Å²) in [4.78, 5) is 13.7. The van der Waals surface area contributed by atoms with Crippen LogP contribution in [0.4, 0.5) is 0 Å². The van der Waals surface area contributed by atoms with Crippen LogP contribution in [-0.2, 0) is 9.53 Å². The molecule has 0 radical (unpaired) electrons. The quantitative estimate of drug-likeness (QED) is 0.853. The minimum absolute atomic E-state index is 0. The SMILES string of the molecule is CN(CCOc1cccc(Cl)c1)C(=O)CC1COCCN1.Cl. The van der Waals surface area contributed by atoms with Gasteiger partial charge in [0.1, 0.15) is 12.4 Å². The third kappa shape index (κ3) is 6.40. The zero-order valence-electron chi connectivity index (χ0n) is 12.6. The number of benzene rings is 1. The molecular weight excluding hydrogens is 327 g/mol. The monoisotopic (exact) mass is 348 g/mol. The second kappa shape index (κ2) is 9.90. The maximum Gasteiger partial charge on any atom is 0.224 e. The zero-order chi connectivity index (χ0) is 15.1. The molecule has 1 aliphatic rings. The number of hydrogen-bond donors (Lipinski definition) is 1. The molecule has 1 aromatic rings. The first-order valence-corrected chi connectivity index (χ1v) is 7.46. The summed E-state index contributed by atoms with van der Waals surface area (Å²) >= 11 is 5.88. The molecule has 1 heterocycles. The highest BCUT2D eigenvalue weighted by molar-refractivity contribution is 6.30. The Balaban J connectivity index is 0.00000242. The lowest BCUT2D eigenvalue weighted by molar-refractivity contribution is -0.131. The van der Waals surface area contributed by atoms with Crippen molar-refractivity contribution in [2.45, 2.75) is 12.5 Å². The number of nitrogens with one attached hydrogen (secondary N) is 1. The molecule has 0 aromatic heterocycles. The Kier molecular flexibility index (Phi) is 8.56. The molecule has 22 heavy (non-hydrogen) atoms. The van der Waals surface area contributed by atoms with Crippen molar-refractivity contribution in [1.82, 2.24) is 10.2 Å². The van der Waals surface area contributed by atoms with Crippen molar-refractivity contribution in [2.75, 3.05) is 40.0 Å². The van der Waals surface area contributed by atoms with E-state index in [-0.39, 0.29) is 24.4 Å². The Morgan fingerprint density at radius 3 is 3.05 bits per heavy atom. The molecule has 0 aliphatic carbocycles. The number of rotatable bonds is 6. The molecule has 1 N–H and O–H groups in total. The van der Waals surface area contributed by atoms with Crippen molar-refractivity contribution in [3.05, 3.63) is 29.3 Å². The summed E-state index contributed by atoms with van der Waals surface area (Å²) in [6, 6.07) is 7.34. The Bertz CT molecular complexity index is 468. The Morgan fingerprint density at radius 2 is 2.36 bits per heavy atom. The number of halogens is 2. The lowest BCUT2D eigenvalue weighted by Gasteiger charge is -2.25. The summed E-state index contributed by atoms with van der Waals surface area (Å²) in [5.74, 6) is 0.804. The molecule has 1 unspecified atom stereocenters. The molecule has 1 fully saturated rings. The van der Waals surface area contributed by atoms with Crippen LogP contribution in [0.15, 0.2) is 24.3 Å². The van der Waals surface area contributed by atoms with Gasteiger partial charge in [-0.05, 0) is 18.2 Å². The van der Waals surface area contributed by atoms with Gasteiger partial charge in [0.25, 0.3) is 0 Å². The fourth-order valence-electron chi connectivity index (χ4n) is 2.10. The predicted molar refractivity (Wildman–Crippen MR) is 89.1 cm³/mol. The van der Waals surface area contributed by atoms with Crippen LogP contribution in [0.5, 0.6) is 5.75 Å². The highest BCUT2D eigenvalue weighted by Crippen LogP contribution is 2.16. The fourth-order valence-corrected chi connectivity index (χ4v) is 2.28. The summed E-state index contributed by atoms with van der Waals surface area (Å²) in [5.41, 5.74) is 0. The van der Waals surface area contributed by atoms with Gasteiger partial charge in [0.2, 0.25) is 5.91 Å². The van der Waals surface area contributed by atoms with Gasteiger partial charge in [0.05, 0.1) is 19.8 Å². The van der Waals surface area contributed by atoms with Crippen molar-refractivity contribution in [1.29, 1.82) is 0 Å². The fraction of sp³-hybridized carbons (Fsp3) is 0.533. The zero-order valence-corrected chi connectivity index (χ0v) is 14.2. The normalized spacial score (nSPS) is 17.5. The van der Waals surface area contributed by atoms with Gasteiger partial charge in [0, 0.05) is 31.1 Å². The number of hydrogen-bond acceptors (Lipinski definition) is 4. The molecule has 1 aromatic carbocycles. The van der Waals surface area contributed by atoms with Crippen molar-refractivity contribution in [2.24, 2.45) is 0 Å². The van der Waals surface area contributed by atoms with E-state index in [4.69, 9.17) is 21.1 Å². The molecule has 0 bridgehead atoms. The van der Waals surface area contributed by atoms with Crippen molar-refractivity contribution < 1.29 is 14.3 Å². The van der Waals surface area contributed by atoms with E-state index in [2.05, 4.69) is 5.32 Å². The van der Waals surface area contributed by atoms with Crippen LogP contribution >= 0.6 is 24.0 Å². The maximum atomic E-state index is 12.1. The lowest BCUT2D eigenvalue weighted by atomic mass is 10.2. The topological polar surface area (TPSA) is 50.8 Å². The highest BCUT2D eigenvalue weighted by Gasteiger charge is 2.19. The van der Waals surface area contributed by atoms with Gasteiger partial charge in [-0.3, -0.25) is 4.79 Å². The number of carbonyl (C=O) groups excluding carboxylic acids is 1. The number of amides is 1. The van der Waals surface area contributed by atoms with Gasteiger partial charge in [-0.15, -0.1) is 12.4 Å². The summed E-state index contributed by atoms with van der Waals surface area (Å²) in [6.07, 6.45) is 0.452. The van der Waals surface area contributed by atoms with E-state index in [0.29, 0.717) is 43.6 Å². The molecule has 0 spiro atoms. The van der Waals surface area contributed by atoms with Crippen LogP contribution in [0.1, 0.15) is 6.42 Å². The highest BCUT2D eigenvalue weighted by atomic mass is 35.5. The first-order valence-electron chi connectivity index (χ1n) is 7.08. The Morgan fingerprint density at radius 1 is 1.55 bits per heavy atom. The molecule has 2 rings (SSSR count). The smallest absolute Gasteiger partial charge is 0.224 e. The van der Waals surface area contributed by atoms with Crippen LogP contribution in [-0.4, -0.2) is 56.8 Å². The average Bonchev–Trinajstić information content (AvgIpc) is 2.48. The second-order valence-electron chi connectivity index (χ2n) is 5.05. The molecule has 0 saturated carbocycles. The second-order valence-corrected chi connectivity index (χ2v) is 5.49. The molecule has 1 amide bonds. The summed E-state index contributed by atoms with van der Waals surface area (Å²) in [6.45, 7) is 3.10. The van der Waals surface area contributed by atoms with E-state index >= 15 is 0 Å². The summed E-state index contributed by atoms with van der Waals surface area (Å²) < 4.78 is 10.9. The largest absolute Gasteiger partial charge is 0.492 e. The van der Waals surface area contributed by atoms with E-state index in [1.54, 1.807) is 24.1 Å². The Labute approximate surface area is 142 Å². The number of morpholine rings is 1. The van der Waals surface area contributed by atoms with Crippen LogP contribution in [0.3, 0.4) is 0 Å². The van der Waals surface area contributed by atoms with Crippen LogP contribution < -0.4 is 10.1 Å². The summed E-state index contributed by atoms with van der Waals surface area (Å²) in [5, 5.41) is 3.91. The minimum Gasteiger partial charge on any atom is -0.492 e. The van der Waals surface area contributed by atoms with E-state index in [0.717, 1.165) is 6.54 Å². The third-order valence-corrected chi connectivity index (χ3v) is 3.57. The number of carbonyl (C=O) groups is 1. The lowest BCUT2D eigenvalue weighted by Crippen LogP contribution is -2.45. The van der Waals surface area contributed by atoms with E-state index in [1.165, 1.54) is 0 Å². The van der Waals surface area contributed by atoms with Gasteiger partial charge < -0.3 is 19.7 Å². The van der Waals surface area contributed by atoms with Gasteiger partial charge in [0.15, 0.2) is 0 Å². The van der Waals surface area contributed by atoms with E-state index in [1.807, 2.05) is 12.1 Å². The first kappa shape index (κ1) is 19.0. The first-order chi connectivity index (χ1) is 10.1. The minimum atomic E-state index is 0. The van der Waals surface area contributed by atoms with Gasteiger partial charge >= 0.3 is 0 Å². The van der Waals surface area contributed by atoms with Crippen LogP contribution in [0.2, 0.25) is 5.02 Å². The Hall–Kier alpha value is -1.01. The van der Waals surface area contributed by atoms with E-state index < -0.39 is 0 Å². The van der Waals surface area contributed by atoms with Crippen LogP contribution in [0, 0.1) is 0 Å². The maximum absolute atomic E-state index is 12.1. The number of likely N-dealkylation sites (N-methyl/N-ethyl adjacent to an activating group) is 1. The van der Waals surface area contributed by atoms with Gasteiger partial charge in [-0.1, -0.05) is 17.7 Å². The standard InChI is InChI=1S/C15H21ClN2O3.ClH/c1-18(15(19)10-13-11-20-7-5-17-13)6-8-21-14-4-2-3-12(16)9-14;/h2-4,9,13,17H,5-8,10-11H2,1H3;1H. The van der Waals surface area contributed by atoms with E-state index in [9.17, 15) is 4.79 Å². The van der Waals surface area contributed by atoms with Gasteiger partial charge in [-0.25, -0.2) is 0 Å².